The zero-order chi connectivity index (χ0) is 13.6. The number of rotatable bonds is 6. The molecule has 2 atom stereocenters. The number of methoxy groups -OCH3 is 1. The van der Waals surface area contributed by atoms with Gasteiger partial charge in [-0.25, -0.2) is 0 Å². The molecule has 0 aliphatic heterocycles. The van der Waals surface area contributed by atoms with Gasteiger partial charge in [-0.05, 0) is 19.8 Å². The molecule has 0 saturated heterocycles. The van der Waals surface area contributed by atoms with Gasteiger partial charge >= 0.3 is 5.97 Å². The highest BCUT2D eigenvalue weighted by Gasteiger charge is 2.33. The molecule has 3 N–H and O–H groups in total. The number of aliphatic hydroxyl groups excluding tert-OH is 1. The molecule has 0 bridgehead atoms. The molecule has 0 unspecified atom stereocenters. The summed E-state index contributed by atoms with van der Waals surface area (Å²) in [6.45, 7) is 2.35. The Kier molecular flexibility index (Phi) is 6.05. The van der Waals surface area contributed by atoms with Crippen LogP contribution >= 0.6 is 0 Å². The average Bonchev–Trinajstić information content (AvgIpc) is 2.44. The van der Waals surface area contributed by atoms with Crippen molar-refractivity contribution in [3.63, 3.8) is 0 Å². The van der Waals surface area contributed by atoms with Crippen LogP contribution in [0.4, 0.5) is 0 Å². The molecule has 1 aliphatic carbocycles. The summed E-state index contributed by atoms with van der Waals surface area (Å²) in [7, 11) is 1.31. The van der Waals surface area contributed by atoms with Gasteiger partial charge in [0.25, 0.3) is 0 Å². The molecule has 5 nitrogen and oxygen atoms in total. The summed E-state index contributed by atoms with van der Waals surface area (Å²) in [6.07, 6.45) is 5.03. The first-order chi connectivity index (χ1) is 8.54. The second kappa shape index (κ2) is 7.07. The molecule has 18 heavy (non-hydrogen) atoms. The minimum atomic E-state index is -0.769. The summed E-state index contributed by atoms with van der Waals surface area (Å²) in [4.78, 5) is 11.3. The van der Waals surface area contributed by atoms with Gasteiger partial charge in [-0.15, -0.1) is 0 Å². The third-order valence-electron chi connectivity index (χ3n) is 3.88. The normalized spacial score (nSPS) is 22.2. The van der Waals surface area contributed by atoms with Gasteiger partial charge in [-0.2, -0.15) is 0 Å². The average molecular weight is 259 g/mol. The maximum Gasteiger partial charge on any atom is 0.325 e. The molecule has 5 heteroatoms. The quantitative estimate of drug-likeness (QED) is 0.691. The zero-order valence-electron chi connectivity index (χ0n) is 11.4. The fraction of sp³-hybridized carbons (Fsp3) is 0.923. The maximum atomic E-state index is 11.3. The lowest BCUT2D eigenvalue weighted by atomic mass is 9.75. The first kappa shape index (κ1) is 15.4. The number of carbonyl (C=O) groups is 1. The van der Waals surface area contributed by atoms with E-state index in [2.05, 4.69) is 4.74 Å². The van der Waals surface area contributed by atoms with E-state index in [0.717, 1.165) is 25.7 Å². The van der Waals surface area contributed by atoms with Crippen LogP contribution in [0.2, 0.25) is 0 Å². The smallest absolute Gasteiger partial charge is 0.325 e. The van der Waals surface area contributed by atoms with Crippen molar-refractivity contribution in [1.29, 1.82) is 0 Å². The highest BCUT2D eigenvalue weighted by Crippen LogP contribution is 2.36. The van der Waals surface area contributed by atoms with Gasteiger partial charge in [0.1, 0.15) is 6.04 Å². The second-order valence-corrected chi connectivity index (χ2v) is 5.28. The minimum absolute atomic E-state index is 0.132. The van der Waals surface area contributed by atoms with Gasteiger partial charge in [-0.3, -0.25) is 4.79 Å². The van der Waals surface area contributed by atoms with Crippen LogP contribution < -0.4 is 5.73 Å². The van der Waals surface area contributed by atoms with E-state index in [-0.39, 0.29) is 12.0 Å². The summed E-state index contributed by atoms with van der Waals surface area (Å²) >= 11 is 0. The van der Waals surface area contributed by atoms with Crippen LogP contribution in [0, 0.1) is 5.41 Å². The molecule has 106 valence electrons. The van der Waals surface area contributed by atoms with E-state index < -0.39 is 18.1 Å². The summed E-state index contributed by atoms with van der Waals surface area (Å²) in [5.41, 5.74) is 5.56. The van der Waals surface area contributed by atoms with Gasteiger partial charge in [0.15, 0.2) is 0 Å². The van der Waals surface area contributed by atoms with Crippen molar-refractivity contribution in [1.82, 2.24) is 0 Å². The van der Waals surface area contributed by atoms with Crippen molar-refractivity contribution in [2.45, 2.75) is 51.2 Å². The second-order valence-electron chi connectivity index (χ2n) is 5.28. The fourth-order valence-electron chi connectivity index (χ4n) is 2.39. The van der Waals surface area contributed by atoms with Crippen LogP contribution in [-0.4, -0.2) is 43.5 Å². The lowest BCUT2D eigenvalue weighted by Crippen LogP contribution is -2.44. The number of hydrogen-bond donors (Lipinski definition) is 2. The zero-order valence-corrected chi connectivity index (χ0v) is 11.4. The molecule has 0 amide bonds. The summed E-state index contributed by atoms with van der Waals surface area (Å²) in [5, 5.41) is 9.55. The largest absolute Gasteiger partial charge is 0.468 e. The molecule has 0 aromatic heterocycles. The van der Waals surface area contributed by atoms with E-state index in [1.165, 1.54) is 13.5 Å². The fourth-order valence-corrected chi connectivity index (χ4v) is 2.39. The van der Waals surface area contributed by atoms with Gasteiger partial charge in [0, 0.05) is 5.41 Å². The number of carbonyl (C=O) groups excluding carboxylic acids is 1. The van der Waals surface area contributed by atoms with E-state index in [1.54, 1.807) is 6.92 Å². The molecule has 0 aromatic carbocycles. The van der Waals surface area contributed by atoms with Gasteiger partial charge < -0.3 is 20.3 Å². The van der Waals surface area contributed by atoms with E-state index in [4.69, 9.17) is 10.5 Å². The number of aliphatic hydroxyl groups is 1. The van der Waals surface area contributed by atoms with Crippen LogP contribution in [-0.2, 0) is 14.3 Å². The molecule has 0 spiro atoms. The third-order valence-corrected chi connectivity index (χ3v) is 3.88. The summed E-state index contributed by atoms with van der Waals surface area (Å²) in [5.74, 6) is -0.468. The number of ether oxygens (including phenoxy) is 2. The van der Waals surface area contributed by atoms with E-state index in [0.29, 0.717) is 6.61 Å². The van der Waals surface area contributed by atoms with Crippen LogP contribution in [0.1, 0.15) is 39.0 Å². The Bertz CT molecular complexity index is 264. The van der Waals surface area contributed by atoms with Crippen LogP contribution in [0.25, 0.3) is 0 Å². The first-order valence-corrected chi connectivity index (χ1v) is 6.60. The highest BCUT2D eigenvalue weighted by molar-refractivity contribution is 5.75. The van der Waals surface area contributed by atoms with Crippen LogP contribution in [0.15, 0.2) is 0 Å². The lowest BCUT2D eigenvalue weighted by molar-refractivity contribution is -0.147. The highest BCUT2D eigenvalue weighted by atomic mass is 16.5. The SMILES string of the molecule is COC(=O)[C@@H](N)[C@@H](C)OCC1(CO)CCCCC1. The molecule has 0 aromatic rings. The standard InChI is InChI=1S/C13H25NO4/c1-10(11(14)12(16)17-2)18-9-13(8-15)6-4-3-5-7-13/h10-11,15H,3-9,14H2,1-2H3/t10-,11+/m1/s1. The monoisotopic (exact) mass is 259 g/mol. The number of nitrogens with two attached hydrogens (primary N) is 1. The summed E-state index contributed by atoms with van der Waals surface area (Å²) < 4.78 is 10.3. The molecule has 1 rings (SSSR count). The van der Waals surface area contributed by atoms with Crippen molar-refractivity contribution in [2.24, 2.45) is 11.1 Å². The van der Waals surface area contributed by atoms with Crippen molar-refractivity contribution >= 4 is 5.97 Å². The predicted molar refractivity (Wildman–Crippen MR) is 68.0 cm³/mol. The van der Waals surface area contributed by atoms with E-state index in [9.17, 15) is 9.90 Å². The molecule has 0 radical (unpaired) electrons. The Morgan fingerprint density at radius 1 is 1.39 bits per heavy atom. The third kappa shape index (κ3) is 3.93. The Hall–Kier alpha value is -0.650. The maximum absolute atomic E-state index is 11.3. The Labute approximate surface area is 109 Å². The Morgan fingerprint density at radius 2 is 2.00 bits per heavy atom. The van der Waals surface area contributed by atoms with Gasteiger partial charge in [-0.1, -0.05) is 19.3 Å². The summed E-state index contributed by atoms with van der Waals surface area (Å²) in [6, 6.07) is -0.769. The van der Waals surface area contributed by atoms with Crippen molar-refractivity contribution in [3.8, 4) is 0 Å². The molecule has 1 aliphatic rings. The molecule has 1 saturated carbocycles. The Balaban J connectivity index is 2.44. The first-order valence-electron chi connectivity index (χ1n) is 6.60. The van der Waals surface area contributed by atoms with E-state index >= 15 is 0 Å². The van der Waals surface area contributed by atoms with Gasteiger partial charge in [0.05, 0.1) is 26.4 Å². The minimum Gasteiger partial charge on any atom is -0.468 e. The van der Waals surface area contributed by atoms with Crippen molar-refractivity contribution in [2.75, 3.05) is 20.3 Å². The van der Waals surface area contributed by atoms with Crippen LogP contribution in [0.5, 0.6) is 0 Å². The van der Waals surface area contributed by atoms with Crippen molar-refractivity contribution < 1.29 is 19.4 Å². The van der Waals surface area contributed by atoms with Gasteiger partial charge in [0.2, 0.25) is 0 Å². The molecule has 0 heterocycles. The van der Waals surface area contributed by atoms with E-state index in [1.807, 2.05) is 0 Å². The molecular formula is C13H25NO4. The predicted octanol–water partition coefficient (Wildman–Crippen LogP) is 0.835. The number of esters is 1. The number of hydrogen-bond acceptors (Lipinski definition) is 5. The van der Waals surface area contributed by atoms with Crippen LogP contribution in [0.3, 0.4) is 0 Å². The Morgan fingerprint density at radius 3 is 2.50 bits per heavy atom. The molecule has 1 fully saturated rings. The lowest BCUT2D eigenvalue weighted by Gasteiger charge is -2.36. The van der Waals surface area contributed by atoms with Crippen molar-refractivity contribution in [3.05, 3.63) is 0 Å². The topological polar surface area (TPSA) is 81.8 Å². The molecular weight excluding hydrogens is 234 g/mol.